The highest BCUT2D eigenvalue weighted by Gasteiger charge is 2.21. The Morgan fingerprint density at radius 3 is 2.67 bits per heavy atom. The molecule has 0 radical (unpaired) electrons. The number of anilines is 1. The molecule has 0 bridgehead atoms. The summed E-state index contributed by atoms with van der Waals surface area (Å²) in [6, 6.07) is 13.0. The highest BCUT2D eigenvalue weighted by molar-refractivity contribution is 5.98. The van der Waals surface area contributed by atoms with Crippen LogP contribution in [0.5, 0.6) is 5.75 Å². The van der Waals surface area contributed by atoms with Gasteiger partial charge in [-0.3, -0.25) is 4.79 Å². The Balaban J connectivity index is 2.07. The van der Waals surface area contributed by atoms with Crippen molar-refractivity contribution in [3.63, 3.8) is 0 Å². The fourth-order valence-corrected chi connectivity index (χ4v) is 2.01. The molecule has 6 nitrogen and oxygen atoms in total. The van der Waals surface area contributed by atoms with Crippen LogP contribution < -0.4 is 5.32 Å². The number of rotatable bonds is 4. The van der Waals surface area contributed by atoms with E-state index in [2.05, 4.69) is 5.32 Å². The van der Waals surface area contributed by atoms with E-state index >= 15 is 0 Å². The fraction of sp³-hybridized carbons (Fsp3) is 0.167. The Labute approximate surface area is 139 Å². The summed E-state index contributed by atoms with van der Waals surface area (Å²) in [7, 11) is 0. The third-order valence-corrected chi connectivity index (χ3v) is 3.33. The quantitative estimate of drug-likeness (QED) is 0.842. The van der Waals surface area contributed by atoms with Crippen molar-refractivity contribution in [3.05, 3.63) is 59.2 Å². The molecular weight excluding hydrogens is 308 g/mol. The van der Waals surface area contributed by atoms with Gasteiger partial charge in [0.05, 0.1) is 11.3 Å². The molecule has 0 aliphatic carbocycles. The number of carbonyl (C=O) groups excluding carboxylic acids is 2. The first-order valence-electron chi connectivity index (χ1n) is 7.23. The molecule has 0 saturated heterocycles. The van der Waals surface area contributed by atoms with Gasteiger partial charge in [0, 0.05) is 0 Å². The van der Waals surface area contributed by atoms with E-state index in [4.69, 9.17) is 10.00 Å². The van der Waals surface area contributed by atoms with Crippen LogP contribution in [0.15, 0.2) is 42.5 Å². The predicted molar refractivity (Wildman–Crippen MR) is 87.5 cm³/mol. The number of carbonyl (C=O) groups is 2. The second kappa shape index (κ2) is 7.29. The van der Waals surface area contributed by atoms with Crippen LogP contribution in [0, 0.1) is 18.3 Å². The van der Waals surface area contributed by atoms with Crippen molar-refractivity contribution < 1.29 is 19.4 Å². The number of nitrogens with one attached hydrogen (secondary N) is 1. The molecule has 0 aromatic heterocycles. The molecule has 0 aliphatic heterocycles. The van der Waals surface area contributed by atoms with Gasteiger partial charge in [0.25, 0.3) is 5.91 Å². The van der Waals surface area contributed by atoms with E-state index in [0.29, 0.717) is 11.3 Å². The van der Waals surface area contributed by atoms with Crippen molar-refractivity contribution >= 4 is 17.6 Å². The fourth-order valence-electron chi connectivity index (χ4n) is 2.01. The van der Waals surface area contributed by atoms with Gasteiger partial charge in [-0.25, -0.2) is 4.79 Å². The van der Waals surface area contributed by atoms with E-state index in [1.54, 1.807) is 37.3 Å². The van der Waals surface area contributed by atoms with E-state index in [-0.39, 0.29) is 11.3 Å². The minimum Gasteiger partial charge on any atom is -0.507 e. The molecule has 6 heteroatoms. The minimum absolute atomic E-state index is 0.00734. The third kappa shape index (κ3) is 3.90. The number of ether oxygens (including phenoxy) is 1. The minimum atomic E-state index is -1.09. The van der Waals surface area contributed by atoms with Crippen LogP contribution in [0.4, 0.5) is 5.69 Å². The molecule has 2 rings (SSSR count). The van der Waals surface area contributed by atoms with Gasteiger partial charge < -0.3 is 15.2 Å². The number of hydrogen-bond acceptors (Lipinski definition) is 5. The van der Waals surface area contributed by atoms with Crippen molar-refractivity contribution in [3.8, 4) is 11.8 Å². The summed E-state index contributed by atoms with van der Waals surface area (Å²) < 4.78 is 5.09. The summed E-state index contributed by atoms with van der Waals surface area (Å²) in [5.41, 5.74) is 1.42. The van der Waals surface area contributed by atoms with Gasteiger partial charge in [-0.05, 0) is 38.1 Å². The number of aromatic hydroxyl groups is 1. The largest absolute Gasteiger partial charge is 0.507 e. The van der Waals surface area contributed by atoms with Crippen molar-refractivity contribution in [2.24, 2.45) is 0 Å². The summed E-state index contributed by atoms with van der Waals surface area (Å²) in [6.45, 7) is 3.18. The molecule has 2 aromatic rings. The lowest BCUT2D eigenvalue weighted by Crippen LogP contribution is -2.30. The summed E-state index contributed by atoms with van der Waals surface area (Å²) in [4.78, 5) is 24.2. The Bertz CT molecular complexity index is 824. The lowest BCUT2D eigenvalue weighted by atomic mass is 10.1. The van der Waals surface area contributed by atoms with Gasteiger partial charge in [-0.15, -0.1) is 0 Å². The molecule has 0 fully saturated rings. The van der Waals surface area contributed by atoms with E-state index in [0.717, 1.165) is 5.56 Å². The van der Waals surface area contributed by atoms with Gasteiger partial charge in [0.1, 0.15) is 17.4 Å². The standard InChI is InChI=1S/C18H16N2O4/c1-11-7-8-16(21)14(9-11)18(23)24-12(2)17(22)20-15-6-4-3-5-13(15)10-19/h3-9,12,21H,1-2H3,(H,20,22)/t12-/m0/s1. The number of aryl methyl sites for hydroxylation is 1. The van der Waals surface area contributed by atoms with Crippen LogP contribution in [0.3, 0.4) is 0 Å². The molecule has 0 aliphatic rings. The number of amides is 1. The maximum atomic E-state index is 12.1. The number of phenolic OH excluding ortho intramolecular Hbond substituents is 1. The topological polar surface area (TPSA) is 99.4 Å². The summed E-state index contributed by atoms with van der Waals surface area (Å²) in [5, 5.41) is 21.3. The van der Waals surface area contributed by atoms with E-state index in [1.165, 1.54) is 19.1 Å². The number of nitriles is 1. The van der Waals surface area contributed by atoms with Crippen molar-refractivity contribution in [1.82, 2.24) is 0 Å². The maximum absolute atomic E-state index is 12.1. The number of nitrogens with zero attached hydrogens (tertiary/aromatic N) is 1. The predicted octanol–water partition coefficient (Wildman–Crippen LogP) is 2.76. The summed E-state index contributed by atoms with van der Waals surface area (Å²) in [6.07, 6.45) is -1.09. The highest BCUT2D eigenvalue weighted by Crippen LogP contribution is 2.20. The monoisotopic (exact) mass is 324 g/mol. The zero-order chi connectivity index (χ0) is 17.7. The SMILES string of the molecule is Cc1ccc(O)c(C(=O)O[C@@H](C)C(=O)Nc2ccccc2C#N)c1. The Kier molecular flexibility index (Phi) is 5.17. The molecule has 0 saturated carbocycles. The Morgan fingerprint density at radius 2 is 1.96 bits per heavy atom. The first-order valence-corrected chi connectivity index (χ1v) is 7.23. The highest BCUT2D eigenvalue weighted by atomic mass is 16.5. The van der Waals surface area contributed by atoms with Crippen molar-refractivity contribution in [2.45, 2.75) is 20.0 Å². The van der Waals surface area contributed by atoms with Crippen molar-refractivity contribution in [2.75, 3.05) is 5.32 Å². The molecule has 1 amide bonds. The average Bonchev–Trinajstić information content (AvgIpc) is 2.57. The van der Waals surface area contributed by atoms with Crippen LogP contribution in [-0.2, 0) is 9.53 Å². The average molecular weight is 324 g/mol. The van der Waals surface area contributed by atoms with E-state index in [9.17, 15) is 14.7 Å². The number of esters is 1. The summed E-state index contributed by atoms with van der Waals surface area (Å²) >= 11 is 0. The van der Waals surface area contributed by atoms with E-state index in [1.807, 2.05) is 6.07 Å². The van der Waals surface area contributed by atoms with Crippen LogP contribution in [0.1, 0.15) is 28.4 Å². The summed E-state index contributed by atoms with van der Waals surface area (Å²) in [5.74, 6) is -1.58. The molecule has 0 heterocycles. The molecule has 0 spiro atoms. The first-order chi connectivity index (χ1) is 11.4. The van der Waals surface area contributed by atoms with Gasteiger partial charge in [0.15, 0.2) is 6.10 Å². The first kappa shape index (κ1) is 17.0. The van der Waals surface area contributed by atoms with E-state index < -0.39 is 18.0 Å². The maximum Gasteiger partial charge on any atom is 0.342 e. The second-order valence-electron chi connectivity index (χ2n) is 5.21. The molecule has 122 valence electrons. The Morgan fingerprint density at radius 1 is 1.25 bits per heavy atom. The van der Waals surface area contributed by atoms with Crippen molar-refractivity contribution in [1.29, 1.82) is 5.26 Å². The number of para-hydroxylation sites is 1. The number of phenols is 1. The lowest BCUT2D eigenvalue weighted by molar-refractivity contribution is -0.123. The second-order valence-corrected chi connectivity index (χ2v) is 5.21. The lowest BCUT2D eigenvalue weighted by Gasteiger charge is -2.14. The van der Waals surface area contributed by atoms with Gasteiger partial charge in [0.2, 0.25) is 0 Å². The van der Waals surface area contributed by atoms with Gasteiger partial charge in [-0.2, -0.15) is 5.26 Å². The smallest absolute Gasteiger partial charge is 0.342 e. The molecular formula is C18H16N2O4. The van der Waals surface area contributed by atoms with Crippen LogP contribution >= 0.6 is 0 Å². The normalized spacial score (nSPS) is 11.2. The molecule has 2 aromatic carbocycles. The van der Waals surface area contributed by atoms with Crippen LogP contribution in [0.25, 0.3) is 0 Å². The zero-order valence-electron chi connectivity index (χ0n) is 13.2. The molecule has 1 atom stereocenters. The number of benzene rings is 2. The Hall–Kier alpha value is -3.33. The van der Waals surface area contributed by atoms with Crippen LogP contribution in [0.2, 0.25) is 0 Å². The molecule has 0 unspecified atom stereocenters. The third-order valence-electron chi connectivity index (χ3n) is 3.33. The molecule has 2 N–H and O–H groups in total. The zero-order valence-corrected chi connectivity index (χ0v) is 13.2. The number of hydrogen-bond donors (Lipinski definition) is 2. The van der Waals surface area contributed by atoms with Gasteiger partial charge in [-0.1, -0.05) is 23.8 Å². The van der Waals surface area contributed by atoms with Crippen LogP contribution in [-0.4, -0.2) is 23.1 Å². The molecule has 24 heavy (non-hydrogen) atoms. The van der Waals surface area contributed by atoms with Gasteiger partial charge >= 0.3 is 5.97 Å².